The number of aryl methyl sites for hydroxylation is 1. The van der Waals surface area contributed by atoms with E-state index in [2.05, 4.69) is 31.3 Å². The molecule has 23 heavy (non-hydrogen) atoms. The summed E-state index contributed by atoms with van der Waals surface area (Å²) >= 11 is 0. The fraction of sp³-hybridized carbons (Fsp3) is 0.350. The van der Waals surface area contributed by atoms with Gasteiger partial charge in [0.2, 0.25) is 0 Å². The molecule has 0 aliphatic rings. The molecule has 0 aromatic heterocycles. The van der Waals surface area contributed by atoms with E-state index >= 15 is 0 Å². The van der Waals surface area contributed by atoms with Crippen LogP contribution in [0.1, 0.15) is 37.3 Å². The molecule has 0 bridgehead atoms. The van der Waals surface area contributed by atoms with Crippen molar-refractivity contribution in [2.75, 3.05) is 13.2 Å². The smallest absolute Gasteiger partial charge is 0.257 e. The third kappa shape index (κ3) is 5.78. The van der Waals surface area contributed by atoms with Gasteiger partial charge in [-0.05, 0) is 36.0 Å². The molecule has 0 spiro atoms. The van der Waals surface area contributed by atoms with Crippen molar-refractivity contribution in [3.05, 3.63) is 65.7 Å². The summed E-state index contributed by atoms with van der Waals surface area (Å²) in [5.74, 6) is 1.10. The van der Waals surface area contributed by atoms with Crippen LogP contribution in [0.15, 0.2) is 54.6 Å². The SMILES string of the molecule is CC(C)c1ccccc1OCC(=O)NCCCc1ccccc1. The Kier molecular flexibility index (Phi) is 6.67. The minimum absolute atomic E-state index is 0.0646. The lowest BCUT2D eigenvalue weighted by atomic mass is 10.0. The Bertz CT molecular complexity index is 608. The van der Waals surface area contributed by atoms with E-state index in [1.165, 1.54) is 5.56 Å². The molecule has 2 aromatic rings. The zero-order valence-electron chi connectivity index (χ0n) is 13.9. The molecule has 1 N–H and O–H groups in total. The van der Waals surface area contributed by atoms with Gasteiger partial charge in [-0.2, -0.15) is 0 Å². The summed E-state index contributed by atoms with van der Waals surface area (Å²) in [4.78, 5) is 11.9. The Morgan fingerprint density at radius 2 is 1.74 bits per heavy atom. The molecule has 0 heterocycles. The van der Waals surface area contributed by atoms with E-state index in [1.807, 2.05) is 42.5 Å². The molecular formula is C20H25NO2. The molecule has 0 aliphatic carbocycles. The molecule has 2 aromatic carbocycles. The highest BCUT2D eigenvalue weighted by atomic mass is 16.5. The van der Waals surface area contributed by atoms with E-state index in [-0.39, 0.29) is 12.5 Å². The molecule has 2 rings (SSSR count). The van der Waals surface area contributed by atoms with Crippen molar-refractivity contribution >= 4 is 5.91 Å². The van der Waals surface area contributed by atoms with Gasteiger partial charge in [0.25, 0.3) is 5.91 Å². The number of carbonyl (C=O) groups excluding carboxylic acids is 1. The number of nitrogens with one attached hydrogen (secondary N) is 1. The third-order valence-electron chi connectivity index (χ3n) is 3.71. The molecule has 0 aliphatic heterocycles. The first-order valence-corrected chi connectivity index (χ1v) is 8.19. The van der Waals surface area contributed by atoms with Crippen molar-refractivity contribution < 1.29 is 9.53 Å². The highest BCUT2D eigenvalue weighted by Gasteiger charge is 2.08. The minimum atomic E-state index is -0.0726. The standard InChI is InChI=1S/C20H25NO2/c1-16(2)18-12-6-7-13-19(18)23-15-20(22)21-14-8-11-17-9-4-3-5-10-17/h3-7,9-10,12-13,16H,8,11,14-15H2,1-2H3,(H,21,22). The first-order valence-electron chi connectivity index (χ1n) is 8.19. The number of hydrogen-bond donors (Lipinski definition) is 1. The van der Waals surface area contributed by atoms with Crippen LogP contribution < -0.4 is 10.1 Å². The summed E-state index contributed by atoms with van der Waals surface area (Å²) in [5, 5.41) is 2.91. The Morgan fingerprint density at radius 3 is 2.48 bits per heavy atom. The van der Waals surface area contributed by atoms with Gasteiger partial charge in [-0.25, -0.2) is 0 Å². The quantitative estimate of drug-likeness (QED) is 0.750. The molecule has 0 atom stereocenters. The zero-order valence-corrected chi connectivity index (χ0v) is 13.9. The summed E-state index contributed by atoms with van der Waals surface area (Å²) in [5.41, 5.74) is 2.42. The summed E-state index contributed by atoms with van der Waals surface area (Å²) in [6, 6.07) is 18.2. The van der Waals surface area contributed by atoms with Gasteiger partial charge in [-0.3, -0.25) is 4.79 Å². The maximum atomic E-state index is 11.9. The number of ether oxygens (including phenoxy) is 1. The highest BCUT2D eigenvalue weighted by Crippen LogP contribution is 2.25. The van der Waals surface area contributed by atoms with Gasteiger partial charge in [-0.15, -0.1) is 0 Å². The second kappa shape index (κ2) is 8.99. The number of carbonyl (C=O) groups is 1. The number of rotatable bonds is 8. The molecule has 3 heteroatoms. The highest BCUT2D eigenvalue weighted by molar-refractivity contribution is 5.77. The first-order chi connectivity index (χ1) is 11.2. The Balaban J connectivity index is 1.69. The largest absolute Gasteiger partial charge is 0.483 e. The monoisotopic (exact) mass is 311 g/mol. The second-order valence-electron chi connectivity index (χ2n) is 5.92. The number of para-hydroxylation sites is 1. The Morgan fingerprint density at radius 1 is 1.04 bits per heavy atom. The van der Waals surface area contributed by atoms with E-state index in [0.29, 0.717) is 12.5 Å². The topological polar surface area (TPSA) is 38.3 Å². The average molecular weight is 311 g/mol. The van der Waals surface area contributed by atoms with Crippen LogP contribution >= 0.6 is 0 Å². The zero-order chi connectivity index (χ0) is 16.5. The third-order valence-corrected chi connectivity index (χ3v) is 3.71. The van der Waals surface area contributed by atoms with Crippen molar-refractivity contribution in [2.24, 2.45) is 0 Å². The van der Waals surface area contributed by atoms with E-state index in [1.54, 1.807) is 0 Å². The molecule has 1 amide bonds. The average Bonchev–Trinajstić information content (AvgIpc) is 2.58. The molecular weight excluding hydrogens is 286 g/mol. The Labute approximate surface area is 138 Å². The maximum absolute atomic E-state index is 11.9. The van der Waals surface area contributed by atoms with Crippen LogP contribution in [0.25, 0.3) is 0 Å². The summed E-state index contributed by atoms with van der Waals surface area (Å²) in [7, 11) is 0. The fourth-order valence-corrected chi connectivity index (χ4v) is 2.45. The lowest BCUT2D eigenvalue weighted by Crippen LogP contribution is -2.30. The van der Waals surface area contributed by atoms with Crippen molar-refractivity contribution in [3.63, 3.8) is 0 Å². The first kappa shape index (κ1) is 17.1. The lowest BCUT2D eigenvalue weighted by Gasteiger charge is -2.13. The van der Waals surface area contributed by atoms with Crippen molar-refractivity contribution in [3.8, 4) is 5.75 Å². The van der Waals surface area contributed by atoms with Crippen molar-refractivity contribution in [2.45, 2.75) is 32.6 Å². The van der Waals surface area contributed by atoms with Gasteiger partial charge in [0, 0.05) is 6.54 Å². The molecule has 122 valence electrons. The van der Waals surface area contributed by atoms with Crippen LogP contribution in [0.5, 0.6) is 5.75 Å². The van der Waals surface area contributed by atoms with Crippen molar-refractivity contribution in [1.82, 2.24) is 5.32 Å². The van der Waals surface area contributed by atoms with E-state index in [9.17, 15) is 4.79 Å². The minimum Gasteiger partial charge on any atom is -0.483 e. The number of benzene rings is 2. The molecule has 0 saturated carbocycles. The van der Waals surface area contributed by atoms with Gasteiger partial charge in [0.05, 0.1) is 0 Å². The van der Waals surface area contributed by atoms with E-state index in [4.69, 9.17) is 4.74 Å². The maximum Gasteiger partial charge on any atom is 0.257 e. The van der Waals surface area contributed by atoms with Crippen LogP contribution in [0, 0.1) is 0 Å². The van der Waals surface area contributed by atoms with Crippen LogP contribution in [0.3, 0.4) is 0 Å². The fourth-order valence-electron chi connectivity index (χ4n) is 2.45. The van der Waals surface area contributed by atoms with Crippen LogP contribution in [0.4, 0.5) is 0 Å². The molecule has 3 nitrogen and oxygen atoms in total. The molecule has 0 fully saturated rings. The lowest BCUT2D eigenvalue weighted by molar-refractivity contribution is -0.123. The van der Waals surface area contributed by atoms with Crippen molar-refractivity contribution in [1.29, 1.82) is 0 Å². The van der Waals surface area contributed by atoms with E-state index in [0.717, 1.165) is 24.2 Å². The summed E-state index contributed by atoms with van der Waals surface area (Å²) < 4.78 is 5.66. The summed E-state index contributed by atoms with van der Waals surface area (Å²) in [6.45, 7) is 4.97. The van der Waals surface area contributed by atoms with Crippen LogP contribution in [-0.4, -0.2) is 19.1 Å². The predicted molar refractivity (Wildman–Crippen MR) is 93.8 cm³/mol. The van der Waals surface area contributed by atoms with Gasteiger partial charge in [-0.1, -0.05) is 62.4 Å². The molecule has 0 unspecified atom stereocenters. The number of hydrogen-bond acceptors (Lipinski definition) is 2. The predicted octanol–water partition coefficient (Wildman–Crippen LogP) is 3.94. The van der Waals surface area contributed by atoms with Crippen LogP contribution in [-0.2, 0) is 11.2 Å². The van der Waals surface area contributed by atoms with Gasteiger partial charge < -0.3 is 10.1 Å². The summed E-state index contributed by atoms with van der Waals surface area (Å²) in [6.07, 6.45) is 1.90. The van der Waals surface area contributed by atoms with Crippen LogP contribution in [0.2, 0.25) is 0 Å². The van der Waals surface area contributed by atoms with Gasteiger partial charge in [0.15, 0.2) is 6.61 Å². The molecule has 0 saturated heterocycles. The molecule has 0 radical (unpaired) electrons. The second-order valence-corrected chi connectivity index (χ2v) is 5.92. The normalized spacial score (nSPS) is 10.6. The number of amides is 1. The van der Waals surface area contributed by atoms with E-state index < -0.39 is 0 Å². The Hall–Kier alpha value is -2.29. The van der Waals surface area contributed by atoms with Gasteiger partial charge >= 0.3 is 0 Å². The van der Waals surface area contributed by atoms with Gasteiger partial charge in [0.1, 0.15) is 5.75 Å².